The number of esters is 1. The molecule has 1 radical (unpaired) electrons. The Balaban J connectivity index is -0.000000521. The molecular weight excluding hydrogens is 543 g/mol. The Hall–Kier alpha value is -2.43. The van der Waals surface area contributed by atoms with Crippen LogP contribution in [0.4, 0.5) is 25.2 Å². The first-order valence-electron chi connectivity index (χ1n) is 9.00. The summed E-state index contributed by atoms with van der Waals surface area (Å²) in [5.74, 6) is 5.48. The second-order valence-corrected chi connectivity index (χ2v) is 9.25. The van der Waals surface area contributed by atoms with E-state index in [2.05, 4.69) is 46.0 Å². The Labute approximate surface area is 208 Å². The van der Waals surface area contributed by atoms with E-state index in [0.29, 0.717) is 4.54 Å². The molecule has 0 saturated heterocycles. The summed E-state index contributed by atoms with van der Waals surface area (Å²) in [7, 11) is -10.7. The van der Waals surface area contributed by atoms with E-state index in [1.165, 1.54) is 0 Å². The number of nitrogens with one attached hydrogen (secondary N) is 1. The van der Waals surface area contributed by atoms with Gasteiger partial charge in [-0.25, -0.2) is 0 Å². The smallest absolute Gasteiger partial charge is 0.00506 e. The number of rotatable bonds is 3. The van der Waals surface area contributed by atoms with Crippen molar-refractivity contribution in [1.82, 2.24) is 5.32 Å². The maximum Gasteiger partial charge on any atom is 0.00506 e. The number of ether oxygens (including phenoxy) is 1. The molecule has 194 valence electrons. The fourth-order valence-corrected chi connectivity index (χ4v) is 1.70. The summed E-state index contributed by atoms with van der Waals surface area (Å²) in [4.78, 5) is 11.5. The van der Waals surface area contributed by atoms with Gasteiger partial charge in [0.25, 0.3) is 0 Å². The van der Waals surface area contributed by atoms with Crippen LogP contribution in [0.15, 0.2) is 54.6 Å². The summed E-state index contributed by atoms with van der Waals surface area (Å²) < 4.78 is 79.8. The minimum Gasteiger partial charge on any atom is -0.0767 e. The predicted octanol–water partition coefficient (Wildman–Crippen LogP) is 6.27. The SMILES string of the molecule is CC(C)(C)OC(=O)CN[C](=[Fe+])C#Cc1ccccc1.F[P-](F)(F)(F)(F)F.[C-]#[O+].[C-]#[O+].[CH]1C=CC=C1. The van der Waals surface area contributed by atoms with Crippen LogP contribution < -0.4 is 5.32 Å². The molecule has 1 aromatic rings. The van der Waals surface area contributed by atoms with Crippen LogP contribution in [-0.2, 0) is 34.4 Å². The van der Waals surface area contributed by atoms with Gasteiger partial charge in [-0.2, -0.15) is 0 Å². The minimum atomic E-state index is -10.7. The Kier molecular flexibility index (Phi) is 17.3. The molecule has 2 rings (SSSR count). The second kappa shape index (κ2) is 16.3. The van der Waals surface area contributed by atoms with E-state index in [-0.39, 0.29) is 12.5 Å². The van der Waals surface area contributed by atoms with Gasteiger partial charge in [0.1, 0.15) is 0 Å². The molecule has 0 unspecified atom stereocenters. The van der Waals surface area contributed by atoms with E-state index < -0.39 is 13.4 Å². The fourth-order valence-electron chi connectivity index (χ4n) is 1.54. The second-order valence-electron chi connectivity index (χ2n) is 6.78. The molecule has 0 fully saturated rings. The Bertz CT molecular complexity index is 929. The molecule has 0 spiro atoms. The van der Waals surface area contributed by atoms with Crippen molar-refractivity contribution in [3.8, 4) is 11.8 Å². The van der Waals surface area contributed by atoms with Crippen LogP contribution in [0.2, 0.25) is 0 Å². The van der Waals surface area contributed by atoms with Gasteiger partial charge in [0.15, 0.2) is 0 Å². The fraction of sp³-hybridized carbons (Fsp3) is 0.227. The van der Waals surface area contributed by atoms with E-state index in [1.54, 1.807) is 0 Å². The summed E-state index contributed by atoms with van der Waals surface area (Å²) in [5.41, 5.74) is 0.429. The van der Waals surface area contributed by atoms with Crippen molar-refractivity contribution < 1.29 is 59.6 Å². The van der Waals surface area contributed by atoms with Crippen molar-refractivity contribution in [2.24, 2.45) is 0 Å². The first-order valence-corrected chi connectivity index (χ1v) is 11.6. The molecule has 0 aliphatic heterocycles. The largest absolute Gasteiger partial charge is 0.0767 e. The Morgan fingerprint density at radius 1 is 0.971 bits per heavy atom. The van der Waals surface area contributed by atoms with Crippen molar-refractivity contribution in [2.45, 2.75) is 26.4 Å². The first kappa shape index (κ1) is 37.1. The summed E-state index contributed by atoms with van der Waals surface area (Å²) in [6, 6.07) is 9.59. The van der Waals surface area contributed by atoms with Crippen LogP contribution in [0.3, 0.4) is 0 Å². The van der Waals surface area contributed by atoms with Crippen LogP contribution in [-0.4, -0.2) is 22.7 Å². The van der Waals surface area contributed by atoms with Crippen molar-refractivity contribution in [3.05, 3.63) is 79.9 Å². The normalized spacial score (nSPS) is 12.8. The average Bonchev–Trinajstić information content (AvgIpc) is 3.31. The van der Waals surface area contributed by atoms with Gasteiger partial charge in [-0.3, -0.25) is 0 Å². The molecule has 1 aliphatic carbocycles. The molecule has 0 heterocycles. The van der Waals surface area contributed by atoms with Crippen molar-refractivity contribution in [3.63, 3.8) is 0 Å². The van der Waals surface area contributed by atoms with Gasteiger partial charge in [-0.05, 0) is 0 Å². The number of carbonyl (C=O) groups is 1. The third kappa shape index (κ3) is 42.2. The average molecular weight is 565 g/mol. The molecule has 0 bridgehead atoms. The summed E-state index contributed by atoms with van der Waals surface area (Å²) in [6.45, 7) is 14.6. The molecule has 0 aromatic heterocycles. The molecule has 0 saturated carbocycles. The van der Waals surface area contributed by atoms with E-state index >= 15 is 0 Å². The van der Waals surface area contributed by atoms with Crippen LogP contribution in [0.5, 0.6) is 0 Å². The molecule has 1 aliphatic rings. The molecular formula is C22H22F6FeNO4P. The van der Waals surface area contributed by atoms with Crippen molar-refractivity contribution >= 4 is 18.3 Å². The van der Waals surface area contributed by atoms with Gasteiger partial charge in [-0.1, -0.05) is 24.3 Å². The van der Waals surface area contributed by atoms with Gasteiger partial charge >= 0.3 is 177 Å². The predicted molar refractivity (Wildman–Crippen MR) is 116 cm³/mol. The topological polar surface area (TPSA) is 78.1 Å². The standard InChI is InChI=1S/C15H17NO2.C5H5.2CO.F6P.Fe/c1-15(2,3)18-14(17)12-16-11-7-10-13-8-5-4-6-9-13;1-2-4-5-3-1;2*1-2;1-7(2,3,4,5)6;/h4-6,8-9,16H,12H2,1-3H3;1-5H;;;;/q;;;;-1;+1. The van der Waals surface area contributed by atoms with E-state index in [0.717, 1.165) is 5.56 Å². The van der Waals surface area contributed by atoms with Gasteiger partial charge in [0.05, 0.1) is 0 Å². The van der Waals surface area contributed by atoms with Crippen LogP contribution >= 0.6 is 7.81 Å². The van der Waals surface area contributed by atoms with E-state index in [9.17, 15) is 30.0 Å². The number of hydrogen-bond acceptors (Lipinski definition) is 3. The summed E-state index contributed by atoms with van der Waals surface area (Å²) in [6.07, 6.45) is 10.0. The van der Waals surface area contributed by atoms with Gasteiger partial charge in [0.2, 0.25) is 0 Å². The zero-order chi connectivity index (χ0) is 28.2. The van der Waals surface area contributed by atoms with Crippen LogP contribution in [0, 0.1) is 31.6 Å². The number of hydrogen-bond donors (Lipinski definition) is 1. The maximum absolute atomic E-state index is 11.5. The Morgan fingerprint density at radius 3 is 1.74 bits per heavy atom. The zero-order valence-corrected chi connectivity index (χ0v) is 20.7. The molecule has 1 N–H and O–H groups in total. The van der Waals surface area contributed by atoms with Crippen LogP contribution in [0.25, 0.3) is 0 Å². The number of halogens is 6. The van der Waals surface area contributed by atoms with E-state index in [4.69, 9.17) is 14.0 Å². The number of benzene rings is 1. The third-order valence-corrected chi connectivity index (χ3v) is 2.78. The first-order chi connectivity index (χ1) is 15.8. The van der Waals surface area contributed by atoms with Gasteiger partial charge in [-0.15, -0.1) is 0 Å². The monoisotopic (exact) mass is 565 g/mol. The molecule has 0 amide bonds. The summed E-state index contributed by atoms with van der Waals surface area (Å²) in [5, 5.41) is 2.83. The summed E-state index contributed by atoms with van der Waals surface area (Å²) >= 11 is 3.75. The van der Waals surface area contributed by atoms with Crippen molar-refractivity contribution in [2.75, 3.05) is 6.54 Å². The van der Waals surface area contributed by atoms with E-state index in [1.807, 2.05) is 81.8 Å². The number of allylic oxidation sites excluding steroid dienone is 4. The van der Waals surface area contributed by atoms with Crippen molar-refractivity contribution in [1.29, 1.82) is 0 Å². The molecule has 5 nitrogen and oxygen atoms in total. The quantitative estimate of drug-likeness (QED) is 0.0893. The minimum absolute atomic E-state index is 0.0690. The molecule has 13 heteroatoms. The van der Waals surface area contributed by atoms with Gasteiger partial charge in [0, 0.05) is 6.42 Å². The third-order valence-electron chi connectivity index (χ3n) is 2.45. The number of carbonyl (C=O) groups excluding carboxylic acids is 1. The maximum atomic E-state index is 11.5. The Morgan fingerprint density at radius 2 is 1.40 bits per heavy atom. The molecule has 0 atom stereocenters. The van der Waals surface area contributed by atoms with Crippen LogP contribution in [0.1, 0.15) is 26.3 Å². The van der Waals surface area contributed by atoms with Gasteiger partial charge < -0.3 is 0 Å². The molecule has 35 heavy (non-hydrogen) atoms. The zero-order valence-electron chi connectivity index (χ0n) is 18.7. The molecule has 1 aromatic carbocycles.